The molecule has 1 atom stereocenters. The van der Waals surface area contributed by atoms with E-state index in [0.717, 1.165) is 47.7 Å². The van der Waals surface area contributed by atoms with Gasteiger partial charge >= 0.3 is 0 Å². The van der Waals surface area contributed by atoms with Gasteiger partial charge in [-0.1, -0.05) is 12.1 Å². The fourth-order valence-electron chi connectivity index (χ4n) is 3.70. The molecule has 0 saturated carbocycles. The molecule has 1 aromatic heterocycles. The number of likely N-dealkylation sites (tertiary alicyclic amines) is 1. The number of nitrogens with one attached hydrogen (secondary N) is 1. The third-order valence-corrected chi connectivity index (χ3v) is 5.19. The summed E-state index contributed by atoms with van der Waals surface area (Å²) in [6.45, 7) is 0.734. The number of aromatic nitrogens is 2. The van der Waals surface area contributed by atoms with Crippen LogP contribution >= 0.6 is 0 Å². The molecular formula is C22H23N3O3. The fourth-order valence-corrected chi connectivity index (χ4v) is 3.70. The molecule has 0 spiro atoms. The Bertz CT molecular complexity index is 965. The molecule has 0 bridgehead atoms. The molecule has 6 heteroatoms. The summed E-state index contributed by atoms with van der Waals surface area (Å²) in [6.07, 6.45) is 1.92. The third kappa shape index (κ3) is 3.45. The lowest BCUT2D eigenvalue weighted by molar-refractivity contribution is 0.0729. The van der Waals surface area contributed by atoms with E-state index in [-0.39, 0.29) is 11.9 Å². The highest BCUT2D eigenvalue weighted by Gasteiger charge is 2.31. The highest BCUT2D eigenvalue weighted by molar-refractivity contribution is 5.94. The topological polar surface area (TPSA) is 67.4 Å². The molecule has 1 saturated heterocycles. The molecule has 4 rings (SSSR count). The largest absolute Gasteiger partial charge is 0.497 e. The maximum Gasteiger partial charge on any atom is 0.272 e. The number of hydrogen-bond donors (Lipinski definition) is 1. The zero-order valence-electron chi connectivity index (χ0n) is 16.0. The Morgan fingerprint density at radius 3 is 2.61 bits per heavy atom. The van der Waals surface area contributed by atoms with E-state index in [9.17, 15) is 4.79 Å². The monoisotopic (exact) mass is 377 g/mol. The number of amides is 1. The number of hydrogen-bond acceptors (Lipinski definition) is 4. The SMILES string of the molecule is COc1ccc(-c2cc(C(=O)N3CCC[C@H]3c3cccc(OC)c3)[nH]n2)cc1. The molecule has 3 aromatic rings. The first-order valence-electron chi connectivity index (χ1n) is 9.34. The minimum absolute atomic E-state index is 0.0300. The molecule has 1 aliphatic rings. The van der Waals surface area contributed by atoms with Crippen LogP contribution in [0.5, 0.6) is 11.5 Å². The lowest BCUT2D eigenvalue weighted by atomic mass is 10.0. The van der Waals surface area contributed by atoms with Crippen LogP contribution in [0, 0.1) is 0 Å². The van der Waals surface area contributed by atoms with E-state index >= 15 is 0 Å². The van der Waals surface area contributed by atoms with Crippen LogP contribution in [0.4, 0.5) is 0 Å². The van der Waals surface area contributed by atoms with E-state index in [1.165, 1.54) is 0 Å². The zero-order chi connectivity index (χ0) is 19.5. The Labute approximate surface area is 164 Å². The minimum Gasteiger partial charge on any atom is -0.497 e. The summed E-state index contributed by atoms with van der Waals surface area (Å²) in [7, 11) is 3.29. The number of rotatable bonds is 5. The highest BCUT2D eigenvalue weighted by atomic mass is 16.5. The summed E-state index contributed by atoms with van der Waals surface area (Å²) >= 11 is 0. The van der Waals surface area contributed by atoms with Crippen LogP contribution in [0.15, 0.2) is 54.6 Å². The molecule has 1 amide bonds. The predicted octanol–water partition coefficient (Wildman–Crippen LogP) is 4.07. The predicted molar refractivity (Wildman–Crippen MR) is 107 cm³/mol. The second-order valence-corrected chi connectivity index (χ2v) is 6.83. The summed E-state index contributed by atoms with van der Waals surface area (Å²) in [5, 5.41) is 7.23. The van der Waals surface area contributed by atoms with Crippen LogP contribution in [0.2, 0.25) is 0 Å². The van der Waals surface area contributed by atoms with Crippen LogP contribution in [0.3, 0.4) is 0 Å². The van der Waals surface area contributed by atoms with Gasteiger partial charge < -0.3 is 14.4 Å². The molecular weight excluding hydrogens is 354 g/mol. The standard InChI is InChI=1S/C22H23N3O3/c1-27-17-10-8-15(9-11-17)19-14-20(24-23-19)22(26)25-12-4-7-21(25)16-5-3-6-18(13-16)28-2/h3,5-6,8-11,13-14,21H,4,7,12H2,1-2H3,(H,23,24)/t21-/m0/s1. The molecule has 6 nitrogen and oxygen atoms in total. The van der Waals surface area contributed by atoms with Crippen molar-refractivity contribution in [1.29, 1.82) is 0 Å². The molecule has 1 aliphatic heterocycles. The number of carbonyl (C=O) groups is 1. The van der Waals surface area contributed by atoms with Gasteiger partial charge in [-0.15, -0.1) is 0 Å². The van der Waals surface area contributed by atoms with Crippen LogP contribution in [-0.2, 0) is 0 Å². The summed E-state index contributed by atoms with van der Waals surface area (Å²) < 4.78 is 10.5. The van der Waals surface area contributed by atoms with E-state index in [1.807, 2.05) is 53.4 Å². The lowest BCUT2D eigenvalue weighted by Crippen LogP contribution is -2.30. The molecule has 1 N–H and O–H groups in total. The van der Waals surface area contributed by atoms with E-state index in [0.29, 0.717) is 5.69 Å². The van der Waals surface area contributed by atoms with Gasteiger partial charge in [0, 0.05) is 12.1 Å². The van der Waals surface area contributed by atoms with Crippen molar-refractivity contribution in [1.82, 2.24) is 15.1 Å². The van der Waals surface area contributed by atoms with Gasteiger partial charge in [-0.3, -0.25) is 9.89 Å². The van der Waals surface area contributed by atoms with Crippen LogP contribution in [0.25, 0.3) is 11.3 Å². The Morgan fingerprint density at radius 1 is 1.07 bits per heavy atom. The van der Waals surface area contributed by atoms with Crippen molar-refractivity contribution in [3.63, 3.8) is 0 Å². The molecule has 144 valence electrons. The van der Waals surface area contributed by atoms with Crippen molar-refractivity contribution in [2.75, 3.05) is 20.8 Å². The number of H-pyrrole nitrogens is 1. The number of carbonyl (C=O) groups excluding carboxylic acids is 1. The summed E-state index contributed by atoms with van der Waals surface area (Å²) in [5.74, 6) is 1.56. The summed E-state index contributed by atoms with van der Waals surface area (Å²) in [6, 6.07) is 17.4. The number of benzene rings is 2. The van der Waals surface area contributed by atoms with Crippen LogP contribution in [0.1, 0.15) is 34.9 Å². The first kappa shape index (κ1) is 18.1. The third-order valence-electron chi connectivity index (χ3n) is 5.19. The van der Waals surface area contributed by atoms with Gasteiger partial charge in [0.05, 0.1) is 26.0 Å². The average molecular weight is 377 g/mol. The number of ether oxygens (including phenoxy) is 2. The maximum atomic E-state index is 13.1. The smallest absolute Gasteiger partial charge is 0.272 e. The zero-order valence-corrected chi connectivity index (χ0v) is 16.0. The summed E-state index contributed by atoms with van der Waals surface area (Å²) in [5.41, 5.74) is 3.27. The molecule has 0 unspecified atom stereocenters. The van der Waals surface area contributed by atoms with Crippen molar-refractivity contribution >= 4 is 5.91 Å². The van der Waals surface area contributed by atoms with Crippen molar-refractivity contribution in [3.05, 3.63) is 65.9 Å². The number of methoxy groups -OCH3 is 2. The Morgan fingerprint density at radius 2 is 1.86 bits per heavy atom. The van der Waals surface area contributed by atoms with Gasteiger partial charge in [-0.25, -0.2) is 0 Å². The first-order chi connectivity index (χ1) is 13.7. The molecule has 1 fully saturated rings. The second-order valence-electron chi connectivity index (χ2n) is 6.83. The maximum absolute atomic E-state index is 13.1. The van der Waals surface area contributed by atoms with E-state index < -0.39 is 0 Å². The Balaban J connectivity index is 1.55. The fraction of sp³-hybridized carbons (Fsp3) is 0.273. The van der Waals surface area contributed by atoms with Crippen LogP contribution < -0.4 is 9.47 Å². The van der Waals surface area contributed by atoms with E-state index in [4.69, 9.17) is 9.47 Å². The van der Waals surface area contributed by atoms with Crippen molar-refractivity contribution in [2.45, 2.75) is 18.9 Å². The second kappa shape index (κ2) is 7.76. The quantitative estimate of drug-likeness (QED) is 0.728. The van der Waals surface area contributed by atoms with Gasteiger partial charge in [-0.2, -0.15) is 5.10 Å². The Hall–Kier alpha value is -3.28. The first-order valence-corrected chi connectivity index (χ1v) is 9.34. The van der Waals surface area contributed by atoms with Crippen molar-refractivity contribution in [3.8, 4) is 22.8 Å². The number of aromatic amines is 1. The van der Waals surface area contributed by atoms with Crippen molar-refractivity contribution in [2.24, 2.45) is 0 Å². The lowest BCUT2D eigenvalue weighted by Gasteiger charge is -2.24. The van der Waals surface area contributed by atoms with Gasteiger partial charge in [0.1, 0.15) is 17.2 Å². The normalized spacial score (nSPS) is 16.2. The van der Waals surface area contributed by atoms with Gasteiger partial charge in [0.15, 0.2) is 0 Å². The molecule has 0 aliphatic carbocycles. The molecule has 2 heterocycles. The molecule has 0 radical (unpaired) electrons. The van der Waals surface area contributed by atoms with E-state index in [1.54, 1.807) is 14.2 Å². The van der Waals surface area contributed by atoms with Crippen LogP contribution in [-0.4, -0.2) is 41.8 Å². The molecule has 2 aromatic carbocycles. The van der Waals surface area contributed by atoms with E-state index in [2.05, 4.69) is 16.3 Å². The van der Waals surface area contributed by atoms with Gasteiger partial charge in [-0.05, 0) is 60.9 Å². The highest BCUT2D eigenvalue weighted by Crippen LogP contribution is 2.34. The van der Waals surface area contributed by atoms with Crippen molar-refractivity contribution < 1.29 is 14.3 Å². The Kier molecular flexibility index (Phi) is 5.02. The molecule has 28 heavy (non-hydrogen) atoms. The van der Waals surface area contributed by atoms with Gasteiger partial charge in [0.25, 0.3) is 5.91 Å². The number of nitrogens with zero attached hydrogens (tertiary/aromatic N) is 2. The average Bonchev–Trinajstić information content (AvgIpc) is 3.43. The van der Waals surface area contributed by atoms with Gasteiger partial charge in [0.2, 0.25) is 0 Å². The minimum atomic E-state index is -0.0300. The summed E-state index contributed by atoms with van der Waals surface area (Å²) in [4.78, 5) is 15.1.